The fourth-order valence-corrected chi connectivity index (χ4v) is 2.41. The maximum Gasteiger partial charge on any atom is 0.310 e. The van der Waals surface area contributed by atoms with Crippen molar-refractivity contribution < 1.29 is 9.59 Å². The van der Waals surface area contributed by atoms with Crippen molar-refractivity contribution in [2.24, 2.45) is 0 Å². The average molecular weight is 218 g/mol. The van der Waals surface area contributed by atoms with Crippen LogP contribution < -0.4 is 10.6 Å². The Morgan fingerprint density at radius 2 is 1.29 bits per heavy atom. The van der Waals surface area contributed by atoms with Crippen molar-refractivity contribution in [2.75, 3.05) is 28.2 Å². The molecule has 0 spiro atoms. The third-order valence-electron chi connectivity index (χ3n) is 2.19. The summed E-state index contributed by atoms with van der Waals surface area (Å²) in [5, 5.41) is 5.04. The highest BCUT2D eigenvalue weighted by molar-refractivity contribution is 6.56. The Kier molecular flexibility index (Phi) is 4.99. The van der Waals surface area contributed by atoms with Crippen LogP contribution in [0.25, 0.3) is 0 Å². The summed E-state index contributed by atoms with van der Waals surface area (Å²) in [6, 6.07) is -0.333. The molecule has 0 aliphatic carbocycles. The van der Waals surface area contributed by atoms with Gasteiger partial charge >= 0.3 is 12.1 Å². The number of carbonyl (C=O) groups is 2. The van der Waals surface area contributed by atoms with E-state index in [9.17, 15) is 9.59 Å². The van der Waals surface area contributed by atoms with Crippen LogP contribution in [0.2, 0.25) is 6.55 Å². The molecular weight excluding hydrogens is 200 g/mol. The Hall–Kier alpha value is -1.24. The molecule has 0 fully saturated rings. The van der Waals surface area contributed by atoms with Crippen LogP contribution in [-0.4, -0.2) is 58.5 Å². The summed E-state index contributed by atoms with van der Waals surface area (Å²) in [5.74, 6) is 0. The first kappa shape index (κ1) is 12.8. The van der Waals surface area contributed by atoms with Crippen LogP contribution in [0.3, 0.4) is 0 Å². The minimum absolute atomic E-state index is 0.167. The second-order valence-electron chi connectivity index (χ2n) is 2.96. The van der Waals surface area contributed by atoms with E-state index in [0.717, 1.165) is 0 Å². The highest BCUT2D eigenvalue weighted by Gasteiger charge is 2.23. The van der Waals surface area contributed by atoms with E-state index >= 15 is 0 Å². The molecule has 6 nitrogen and oxygen atoms in total. The smallest absolute Gasteiger partial charge is 0.310 e. The van der Waals surface area contributed by atoms with Gasteiger partial charge in [-0.2, -0.15) is 0 Å². The molecular formula is C7H18N4O2Si. The Balaban J connectivity index is 4.37. The Labute approximate surface area is 86.0 Å². The molecule has 0 saturated carbocycles. The number of rotatable bonds is 2. The van der Waals surface area contributed by atoms with Crippen molar-refractivity contribution in [1.82, 2.24) is 19.8 Å². The molecule has 0 aromatic carbocycles. The van der Waals surface area contributed by atoms with E-state index in [1.54, 1.807) is 37.3 Å². The fourth-order valence-electron chi connectivity index (χ4n) is 0.952. The van der Waals surface area contributed by atoms with Crippen LogP contribution in [0, 0.1) is 0 Å². The normalized spacial score (nSPS) is 9.57. The molecule has 2 N–H and O–H groups in total. The van der Waals surface area contributed by atoms with Gasteiger partial charge in [-0.1, -0.05) is 0 Å². The van der Waals surface area contributed by atoms with E-state index < -0.39 is 9.12 Å². The molecule has 14 heavy (non-hydrogen) atoms. The third-order valence-corrected chi connectivity index (χ3v) is 4.90. The number of nitrogens with one attached hydrogen (secondary N) is 2. The standard InChI is InChI=1S/C7H18N4O2Si/c1-8-6(12)10(3)14(5)11(4)7(13)9-2/h14H,1-5H3,(H,8,12)(H,9,13). The zero-order valence-electron chi connectivity index (χ0n) is 9.29. The monoisotopic (exact) mass is 218 g/mol. The first-order valence-corrected chi connectivity index (χ1v) is 6.53. The molecule has 0 saturated heterocycles. The van der Waals surface area contributed by atoms with Crippen molar-refractivity contribution >= 4 is 21.2 Å². The molecule has 0 atom stereocenters. The predicted molar refractivity (Wildman–Crippen MR) is 57.5 cm³/mol. The van der Waals surface area contributed by atoms with E-state index in [1.807, 2.05) is 6.55 Å². The lowest BCUT2D eigenvalue weighted by Gasteiger charge is -2.30. The molecule has 0 aliphatic heterocycles. The van der Waals surface area contributed by atoms with Gasteiger partial charge in [0.05, 0.1) is 0 Å². The van der Waals surface area contributed by atoms with E-state index in [0.29, 0.717) is 0 Å². The van der Waals surface area contributed by atoms with E-state index in [4.69, 9.17) is 0 Å². The predicted octanol–water partition coefficient (Wildman–Crippen LogP) is -0.621. The first-order chi connectivity index (χ1) is 6.45. The summed E-state index contributed by atoms with van der Waals surface area (Å²) in [6.45, 7) is 1.91. The van der Waals surface area contributed by atoms with Gasteiger partial charge in [-0.15, -0.1) is 0 Å². The molecule has 0 bridgehead atoms. The number of urea groups is 2. The maximum atomic E-state index is 11.3. The second-order valence-corrected chi connectivity index (χ2v) is 5.78. The highest BCUT2D eigenvalue weighted by atomic mass is 28.3. The van der Waals surface area contributed by atoms with Crippen molar-refractivity contribution in [3.05, 3.63) is 0 Å². The van der Waals surface area contributed by atoms with Crippen LogP contribution >= 0.6 is 0 Å². The number of amides is 4. The third kappa shape index (κ3) is 2.91. The van der Waals surface area contributed by atoms with Crippen LogP contribution in [0.1, 0.15) is 0 Å². The molecule has 0 aromatic rings. The average Bonchev–Trinajstić information content (AvgIpc) is 2.23. The molecule has 0 aliphatic rings. The number of hydrogen-bond donors (Lipinski definition) is 2. The zero-order chi connectivity index (χ0) is 11.3. The van der Waals surface area contributed by atoms with Gasteiger partial charge in [-0.05, 0) is 6.55 Å². The largest absolute Gasteiger partial charge is 0.342 e. The Morgan fingerprint density at radius 3 is 1.50 bits per heavy atom. The van der Waals surface area contributed by atoms with Crippen LogP contribution in [-0.2, 0) is 0 Å². The summed E-state index contributed by atoms with van der Waals surface area (Å²) in [4.78, 5) is 22.5. The summed E-state index contributed by atoms with van der Waals surface area (Å²) < 4.78 is 3.16. The van der Waals surface area contributed by atoms with Crippen LogP contribution in [0.4, 0.5) is 9.59 Å². The molecule has 0 unspecified atom stereocenters. The van der Waals surface area contributed by atoms with Gasteiger partial charge in [-0.3, -0.25) is 0 Å². The molecule has 0 radical (unpaired) electrons. The summed E-state index contributed by atoms with van der Waals surface area (Å²) in [5.41, 5.74) is 0. The van der Waals surface area contributed by atoms with Crippen LogP contribution in [0.15, 0.2) is 0 Å². The highest BCUT2D eigenvalue weighted by Crippen LogP contribution is 1.97. The first-order valence-electron chi connectivity index (χ1n) is 4.34. The molecule has 0 aromatic heterocycles. The van der Waals surface area contributed by atoms with Crippen molar-refractivity contribution in [3.63, 3.8) is 0 Å². The molecule has 0 rings (SSSR count). The van der Waals surface area contributed by atoms with Gasteiger partial charge in [0.1, 0.15) is 0 Å². The quantitative estimate of drug-likeness (QED) is 0.607. The van der Waals surface area contributed by atoms with Gasteiger partial charge in [0.25, 0.3) is 9.12 Å². The summed E-state index contributed by atoms with van der Waals surface area (Å²) in [7, 11) is 4.82. The second kappa shape index (κ2) is 5.48. The van der Waals surface area contributed by atoms with Crippen molar-refractivity contribution in [2.45, 2.75) is 6.55 Å². The maximum absolute atomic E-state index is 11.3. The zero-order valence-corrected chi connectivity index (χ0v) is 10.4. The number of hydrogen-bond acceptors (Lipinski definition) is 2. The van der Waals surface area contributed by atoms with Crippen molar-refractivity contribution in [1.29, 1.82) is 0 Å². The molecule has 7 heteroatoms. The van der Waals surface area contributed by atoms with Crippen molar-refractivity contribution in [3.8, 4) is 0 Å². The minimum Gasteiger partial charge on any atom is -0.342 e. The van der Waals surface area contributed by atoms with Gasteiger partial charge in [0.15, 0.2) is 0 Å². The summed E-state index contributed by atoms with van der Waals surface area (Å²) >= 11 is 0. The fraction of sp³-hybridized carbons (Fsp3) is 0.714. The van der Waals surface area contributed by atoms with Gasteiger partial charge in [0, 0.05) is 28.2 Å². The molecule has 0 heterocycles. The Bertz CT molecular complexity index is 202. The van der Waals surface area contributed by atoms with Crippen LogP contribution in [0.5, 0.6) is 0 Å². The lowest BCUT2D eigenvalue weighted by Crippen LogP contribution is -2.55. The topological polar surface area (TPSA) is 64.7 Å². The SMILES string of the molecule is CNC(=O)N(C)[SiH](C)N(C)C(=O)NC. The molecule has 82 valence electrons. The van der Waals surface area contributed by atoms with Gasteiger partial charge in [0.2, 0.25) is 0 Å². The molecule has 4 amide bonds. The lowest BCUT2D eigenvalue weighted by atomic mass is 10.9. The Morgan fingerprint density at radius 1 is 1.00 bits per heavy atom. The minimum atomic E-state index is -1.70. The van der Waals surface area contributed by atoms with E-state index in [1.165, 1.54) is 0 Å². The van der Waals surface area contributed by atoms with E-state index in [2.05, 4.69) is 10.6 Å². The van der Waals surface area contributed by atoms with E-state index in [-0.39, 0.29) is 12.1 Å². The summed E-state index contributed by atoms with van der Waals surface area (Å²) in [6.07, 6.45) is 0. The number of carbonyl (C=O) groups excluding carboxylic acids is 2. The van der Waals surface area contributed by atoms with Gasteiger partial charge in [-0.25, -0.2) is 9.59 Å². The number of nitrogens with zero attached hydrogens (tertiary/aromatic N) is 2. The lowest BCUT2D eigenvalue weighted by molar-refractivity contribution is 0.221. The van der Waals surface area contributed by atoms with Gasteiger partial charge < -0.3 is 19.8 Å².